The molecule has 1 saturated heterocycles. The highest BCUT2D eigenvalue weighted by Crippen LogP contribution is 2.32. The van der Waals surface area contributed by atoms with Crippen LogP contribution in [0.3, 0.4) is 0 Å². The number of hydrogen-bond donors (Lipinski definition) is 0. The summed E-state index contributed by atoms with van der Waals surface area (Å²) in [5.41, 5.74) is 0.917. The van der Waals surface area contributed by atoms with Crippen molar-refractivity contribution in [3.8, 4) is 17.2 Å². The molecule has 0 bridgehead atoms. The Bertz CT molecular complexity index is 924. The minimum absolute atomic E-state index is 0.150. The van der Waals surface area contributed by atoms with E-state index in [-0.39, 0.29) is 17.9 Å². The minimum Gasteiger partial charge on any atom is -0.336 e. The molecular formula is C23H24F3N3O. The molecule has 0 spiro atoms. The molecule has 7 heteroatoms. The van der Waals surface area contributed by atoms with E-state index >= 15 is 0 Å². The third-order valence-corrected chi connectivity index (χ3v) is 5.44. The molecule has 1 aliphatic rings. The Morgan fingerprint density at radius 1 is 1.00 bits per heavy atom. The van der Waals surface area contributed by atoms with E-state index in [2.05, 4.69) is 11.0 Å². The summed E-state index contributed by atoms with van der Waals surface area (Å²) in [6.45, 7) is 6.25. The molecule has 158 valence electrons. The fourth-order valence-corrected chi connectivity index (χ4v) is 3.79. The molecule has 0 N–H and O–H groups in total. The lowest BCUT2D eigenvalue weighted by Gasteiger charge is -2.38. The van der Waals surface area contributed by atoms with Crippen LogP contribution in [0.1, 0.15) is 29.8 Å². The van der Waals surface area contributed by atoms with E-state index in [4.69, 9.17) is 0 Å². The van der Waals surface area contributed by atoms with Gasteiger partial charge < -0.3 is 4.90 Å². The van der Waals surface area contributed by atoms with Crippen molar-refractivity contribution in [3.05, 3.63) is 59.7 Å². The topological polar surface area (TPSA) is 47.3 Å². The number of benzene rings is 2. The first-order chi connectivity index (χ1) is 14.2. The Balaban J connectivity index is 1.78. The standard InChI is InChI=1S/C23H24F3N3O/c1-16(2)21(15-27)28-11-13-29(14-12-28)22(30)20-6-4-3-5-19(20)17-7-9-18(10-8-17)23(24,25)26/h3-10,16,21H,11-14H2,1-2H3. The highest BCUT2D eigenvalue weighted by atomic mass is 19.4. The van der Waals surface area contributed by atoms with Crippen LogP contribution in [-0.2, 0) is 6.18 Å². The summed E-state index contributed by atoms with van der Waals surface area (Å²) in [7, 11) is 0. The lowest BCUT2D eigenvalue weighted by atomic mass is 9.97. The highest BCUT2D eigenvalue weighted by molar-refractivity contribution is 6.01. The van der Waals surface area contributed by atoms with Crippen molar-refractivity contribution >= 4 is 5.91 Å². The van der Waals surface area contributed by atoms with Gasteiger partial charge in [0.15, 0.2) is 0 Å². The molecule has 3 rings (SSSR count). The Labute approximate surface area is 174 Å². The molecule has 0 aliphatic carbocycles. The fraction of sp³-hybridized carbons (Fsp3) is 0.391. The van der Waals surface area contributed by atoms with Crippen molar-refractivity contribution in [2.45, 2.75) is 26.1 Å². The first-order valence-corrected chi connectivity index (χ1v) is 9.92. The number of carbonyl (C=O) groups excluding carboxylic acids is 1. The van der Waals surface area contributed by atoms with Crippen molar-refractivity contribution in [1.29, 1.82) is 5.26 Å². The number of piperazine rings is 1. The summed E-state index contributed by atoms with van der Waals surface area (Å²) in [4.78, 5) is 17.0. The van der Waals surface area contributed by atoms with Crippen LogP contribution in [0.25, 0.3) is 11.1 Å². The number of halogens is 3. The molecule has 0 aromatic heterocycles. The summed E-state index contributed by atoms with van der Waals surface area (Å²) < 4.78 is 38.6. The first kappa shape index (κ1) is 21.8. The van der Waals surface area contributed by atoms with Gasteiger partial charge in [-0.3, -0.25) is 9.69 Å². The monoisotopic (exact) mass is 415 g/mol. The average Bonchev–Trinajstić information content (AvgIpc) is 2.73. The van der Waals surface area contributed by atoms with Gasteiger partial charge in [0.2, 0.25) is 0 Å². The molecule has 2 aromatic rings. The van der Waals surface area contributed by atoms with Crippen LogP contribution in [0.4, 0.5) is 13.2 Å². The van der Waals surface area contributed by atoms with Gasteiger partial charge in [0, 0.05) is 31.7 Å². The molecule has 2 aromatic carbocycles. The lowest BCUT2D eigenvalue weighted by molar-refractivity contribution is -0.137. The van der Waals surface area contributed by atoms with Gasteiger partial charge in [-0.1, -0.05) is 44.2 Å². The number of alkyl halides is 3. The minimum atomic E-state index is -4.40. The van der Waals surface area contributed by atoms with Gasteiger partial charge in [-0.2, -0.15) is 18.4 Å². The van der Waals surface area contributed by atoms with Crippen molar-refractivity contribution in [2.24, 2.45) is 5.92 Å². The van der Waals surface area contributed by atoms with E-state index in [1.54, 1.807) is 29.2 Å². The van der Waals surface area contributed by atoms with Gasteiger partial charge in [0.1, 0.15) is 6.04 Å². The summed E-state index contributed by atoms with van der Waals surface area (Å²) in [6, 6.07) is 14.0. The first-order valence-electron chi connectivity index (χ1n) is 9.92. The van der Waals surface area contributed by atoms with Crippen LogP contribution >= 0.6 is 0 Å². The molecule has 1 amide bonds. The van der Waals surface area contributed by atoms with Gasteiger partial charge in [-0.25, -0.2) is 0 Å². The van der Waals surface area contributed by atoms with Gasteiger partial charge in [0.05, 0.1) is 11.6 Å². The largest absolute Gasteiger partial charge is 0.416 e. The Morgan fingerprint density at radius 2 is 1.60 bits per heavy atom. The third-order valence-electron chi connectivity index (χ3n) is 5.44. The summed E-state index contributed by atoms with van der Waals surface area (Å²) in [5.74, 6) is 0.0563. The summed E-state index contributed by atoms with van der Waals surface area (Å²) >= 11 is 0. The molecule has 1 unspecified atom stereocenters. The second kappa shape index (κ2) is 8.88. The molecule has 4 nitrogen and oxygen atoms in total. The number of hydrogen-bond acceptors (Lipinski definition) is 3. The SMILES string of the molecule is CC(C)C(C#N)N1CCN(C(=O)c2ccccc2-c2ccc(C(F)(F)F)cc2)CC1. The van der Waals surface area contributed by atoms with Crippen molar-refractivity contribution in [1.82, 2.24) is 9.80 Å². The van der Waals surface area contributed by atoms with Crippen LogP contribution in [0.2, 0.25) is 0 Å². The molecule has 30 heavy (non-hydrogen) atoms. The van der Waals surface area contributed by atoms with Crippen LogP contribution in [0.5, 0.6) is 0 Å². The Hall–Kier alpha value is -2.85. The maximum absolute atomic E-state index is 13.2. The Morgan fingerprint density at radius 3 is 2.13 bits per heavy atom. The maximum atomic E-state index is 13.2. The van der Waals surface area contributed by atoms with E-state index in [1.807, 2.05) is 13.8 Å². The Kier molecular flexibility index (Phi) is 6.47. The molecule has 0 radical (unpaired) electrons. The van der Waals surface area contributed by atoms with E-state index in [9.17, 15) is 23.2 Å². The van der Waals surface area contributed by atoms with E-state index in [0.29, 0.717) is 42.9 Å². The van der Waals surface area contributed by atoms with Crippen LogP contribution in [0, 0.1) is 17.2 Å². The normalized spacial score (nSPS) is 16.4. The van der Waals surface area contributed by atoms with Crippen LogP contribution in [0.15, 0.2) is 48.5 Å². The van der Waals surface area contributed by atoms with Gasteiger partial charge in [0.25, 0.3) is 5.91 Å². The third kappa shape index (κ3) is 4.65. The fourth-order valence-electron chi connectivity index (χ4n) is 3.79. The van der Waals surface area contributed by atoms with Crippen molar-refractivity contribution in [2.75, 3.05) is 26.2 Å². The second-order valence-electron chi connectivity index (χ2n) is 7.77. The molecule has 1 atom stereocenters. The molecular weight excluding hydrogens is 391 g/mol. The van der Waals surface area contributed by atoms with Gasteiger partial charge in [-0.15, -0.1) is 0 Å². The zero-order valence-corrected chi connectivity index (χ0v) is 17.0. The number of rotatable bonds is 4. The molecule has 1 heterocycles. The van der Waals surface area contributed by atoms with Gasteiger partial charge in [-0.05, 0) is 35.2 Å². The van der Waals surface area contributed by atoms with Crippen LogP contribution in [-0.4, -0.2) is 47.9 Å². The highest BCUT2D eigenvalue weighted by Gasteiger charge is 2.31. The van der Waals surface area contributed by atoms with Crippen LogP contribution < -0.4 is 0 Å². The second-order valence-corrected chi connectivity index (χ2v) is 7.77. The maximum Gasteiger partial charge on any atom is 0.416 e. The molecule has 1 fully saturated rings. The average molecular weight is 415 g/mol. The van der Waals surface area contributed by atoms with E-state index in [1.165, 1.54) is 12.1 Å². The number of amides is 1. The van der Waals surface area contributed by atoms with Crippen molar-refractivity contribution in [3.63, 3.8) is 0 Å². The lowest BCUT2D eigenvalue weighted by Crippen LogP contribution is -2.52. The van der Waals surface area contributed by atoms with E-state index < -0.39 is 11.7 Å². The molecule has 1 aliphatic heterocycles. The van der Waals surface area contributed by atoms with E-state index in [0.717, 1.165) is 12.1 Å². The zero-order chi connectivity index (χ0) is 21.9. The molecule has 0 saturated carbocycles. The number of nitriles is 1. The van der Waals surface area contributed by atoms with Crippen molar-refractivity contribution < 1.29 is 18.0 Å². The predicted octanol–water partition coefficient (Wildman–Crippen LogP) is 4.68. The predicted molar refractivity (Wildman–Crippen MR) is 109 cm³/mol. The summed E-state index contributed by atoms with van der Waals surface area (Å²) in [5, 5.41) is 9.39. The number of nitrogens with zero attached hydrogens (tertiary/aromatic N) is 3. The zero-order valence-electron chi connectivity index (χ0n) is 17.0. The summed E-state index contributed by atoms with van der Waals surface area (Å²) in [6.07, 6.45) is -4.40. The van der Waals surface area contributed by atoms with Gasteiger partial charge >= 0.3 is 6.18 Å². The number of carbonyl (C=O) groups is 1. The smallest absolute Gasteiger partial charge is 0.336 e. The quantitative estimate of drug-likeness (QED) is 0.729.